The number of hydrogen-bond donors (Lipinski definition) is 0. The normalized spacial score (nSPS) is 12.7. The predicted octanol–water partition coefficient (Wildman–Crippen LogP) is 10.4. The second-order valence-corrected chi connectivity index (χ2v) is 10.5. The molecule has 0 unspecified atom stereocenters. The molecule has 9 aromatic rings. The van der Waals surface area contributed by atoms with Gasteiger partial charge in [0.05, 0.1) is 0 Å². The second kappa shape index (κ2) is 6.22. The van der Waals surface area contributed by atoms with Crippen molar-refractivity contribution in [3.63, 3.8) is 0 Å². The standard InChI is InChI=1S/C36H22/c1-19-28-17-30-25-12-5-9-21-10-6-13-26(35(21)25)31(30)18-29(28)20(2)34-32-16-22-8-3-4-11-23(22)24-14-7-15-27(33(19)34)36(24)32/h3-18H,1-2H3. The van der Waals surface area contributed by atoms with Crippen LogP contribution in [0.4, 0.5) is 0 Å². The van der Waals surface area contributed by atoms with Gasteiger partial charge >= 0.3 is 0 Å². The molecule has 166 valence electrons. The Morgan fingerprint density at radius 1 is 0.306 bits per heavy atom. The van der Waals surface area contributed by atoms with Crippen LogP contribution in [0.1, 0.15) is 11.1 Å². The Balaban J connectivity index is 1.57. The van der Waals surface area contributed by atoms with Gasteiger partial charge < -0.3 is 0 Å². The van der Waals surface area contributed by atoms with Crippen molar-refractivity contribution in [1.82, 2.24) is 0 Å². The van der Waals surface area contributed by atoms with Gasteiger partial charge in [-0.15, -0.1) is 0 Å². The van der Waals surface area contributed by atoms with E-state index in [9.17, 15) is 0 Å². The van der Waals surface area contributed by atoms with Crippen LogP contribution in [0.25, 0.3) is 86.2 Å². The Bertz CT molecular complexity index is 2360. The average molecular weight is 455 g/mol. The van der Waals surface area contributed by atoms with Gasteiger partial charge in [-0.25, -0.2) is 0 Å². The first kappa shape index (κ1) is 18.9. The fourth-order valence-electron chi connectivity index (χ4n) is 7.34. The van der Waals surface area contributed by atoms with E-state index in [0.717, 1.165) is 0 Å². The minimum atomic E-state index is 1.32. The van der Waals surface area contributed by atoms with Crippen molar-refractivity contribution in [2.75, 3.05) is 0 Å². The van der Waals surface area contributed by atoms with Crippen molar-refractivity contribution in [3.8, 4) is 0 Å². The molecule has 0 radical (unpaired) electrons. The van der Waals surface area contributed by atoms with Crippen molar-refractivity contribution in [2.24, 2.45) is 0 Å². The van der Waals surface area contributed by atoms with E-state index in [1.54, 1.807) is 0 Å². The monoisotopic (exact) mass is 454 g/mol. The van der Waals surface area contributed by atoms with Gasteiger partial charge in [-0.3, -0.25) is 0 Å². The van der Waals surface area contributed by atoms with Crippen molar-refractivity contribution in [2.45, 2.75) is 13.8 Å². The minimum Gasteiger partial charge on any atom is -0.0616 e. The van der Waals surface area contributed by atoms with E-state index in [1.165, 1.54) is 97.3 Å². The van der Waals surface area contributed by atoms with Gasteiger partial charge in [-0.1, -0.05) is 78.9 Å². The quantitative estimate of drug-likeness (QED) is 0.200. The summed E-state index contributed by atoms with van der Waals surface area (Å²) in [5.74, 6) is 0. The molecule has 0 aliphatic heterocycles. The van der Waals surface area contributed by atoms with E-state index in [2.05, 4.69) is 111 Å². The van der Waals surface area contributed by atoms with E-state index in [4.69, 9.17) is 0 Å². The highest BCUT2D eigenvalue weighted by atomic mass is 14.2. The zero-order valence-electron chi connectivity index (χ0n) is 20.2. The molecule has 0 N–H and O–H groups in total. The van der Waals surface area contributed by atoms with Gasteiger partial charge in [0, 0.05) is 0 Å². The molecule has 0 aromatic heterocycles. The summed E-state index contributed by atoms with van der Waals surface area (Å²) in [6.07, 6.45) is 0. The molecule has 0 nitrogen and oxygen atoms in total. The third kappa shape index (κ3) is 2.05. The van der Waals surface area contributed by atoms with Crippen LogP contribution < -0.4 is 0 Å². The number of aryl methyl sites for hydroxylation is 2. The molecule has 0 amide bonds. The second-order valence-electron chi connectivity index (χ2n) is 10.5. The molecule has 0 fully saturated rings. The summed E-state index contributed by atoms with van der Waals surface area (Å²) < 4.78 is 0. The maximum Gasteiger partial charge on any atom is -0.00197 e. The molecule has 0 heterocycles. The molecule has 9 aromatic carbocycles. The van der Waals surface area contributed by atoms with E-state index < -0.39 is 0 Å². The largest absolute Gasteiger partial charge is 0.0616 e. The van der Waals surface area contributed by atoms with Crippen LogP contribution in [0, 0.1) is 13.8 Å². The number of benzene rings is 7. The molecule has 36 heavy (non-hydrogen) atoms. The maximum atomic E-state index is 2.48. The number of rotatable bonds is 0. The summed E-state index contributed by atoms with van der Waals surface area (Å²) in [5, 5.41) is 22.0. The topological polar surface area (TPSA) is 0 Å². The first-order valence-electron chi connectivity index (χ1n) is 12.8. The van der Waals surface area contributed by atoms with Crippen LogP contribution in [-0.2, 0) is 0 Å². The lowest BCUT2D eigenvalue weighted by atomic mass is 9.92. The summed E-state index contributed by atoms with van der Waals surface area (Å²) in [5.41, 5.74) is 2.79. The van der Waals surface area contributed by atoms with Crippen LogP contribution in [0.2, 0.25) is 0 Å². The van der Waals surface area contributed by atoms with Crippen molar-refractivity contribution >= 4 is 86.2 Å². The molecule has 0 aliphatic carbocycles. The van der Waals surface area contributed by atoms with Gasteiger partial charge in [-0.2, -0.15) is 0 Å². The molecule has 0 spiro atoms. The van der Waals surface area contributed by atoms with Crippen molar-refractivity contribution < 1.29 is 0 Å². The lowest BCUT2D eigenvalue weighted by molar-refractivity contribution is 1.56. The van der Waals surface area contributed by atoms with Gasteiger partial charge in [0.15, 0.2) is 0 Å². The Morgan fingerprint density at radius 3 is 1.50 bits per heavy atom. The van der Waals surface area contributed by atoms with E-state index >= 15 is 0 Å². The first-order chi connectivity index (χ1) is 17.7. The number of fused-ring (bicyclic) bond motifs is 9. The van der Waals surface area contributed by atoms with Gasteiger partial charge in [0.1, 0.15) is 0 Å². The Hall–Kier alpha value is -4.42. The Kier molecular flexibility index (Phi) is 3.26. The first-order valence-corrected chi connectivity index (χ1v) is 12.8. The fraction of sp³-hybridized carbons (Fsp3) is 0.0556. The Morgan fingerprint density at radius 2 is 0.806 bits per heavy atom. The van der Waals surface area contributed by atoms with E-state index in [1.807, 2.05) is 0 Å². The summed E-state index contributed by atoms with van der Waals surface area (Å²) in [4.78, 5) is 0. The zero-order chi connectivity index (χ0) is 23.7. The summed E-state index contributed by atoms with van der Waals surface area (Å²) in [6, 6.07) is 36.5. The molecule has 0 saturated carbocycles. The smallest absolute Gasteiger partial charge is 0.00197 e. The highest BCUT2D eigenvalue weighted by Crippen LogP contribution is 2.48. The van der Waals surface area contributed by atoms with Crippen LogP contribution in [0.5, 0.6) is 0 Å². The van der Waals surface area contributed by atoms with Crippen LogP contribution in [0.15, 0.2) is 97.1 Å². The Labute approximate surface area is 208 Å². The molecule has 0 saturated heterocycles. The zero-order valence-corrected chi connectivity index (χ0v) is 20.2. The number of hydrogen-bond acceptors (Lipinski definition) is 0. The lowest BCUT2D eigenvalue weighted by Crippen LogP contribution is -1.86. The molecule has 0 heteroatoms. The molecular weight excluding hydrogens is 432 g/mol. The van der Waals surface area contributed by atoms with Gasteiger partial charge in [0.25, 0.3) is 0 Å². The highest BCUT2D eigenvalue weighted by molar-refractivity contribution is 6.38. The predicted molar refractivity (Wildman–Crippen MR) is 158 cm³/mol. The molecule has 9 rings (SSSR count). The molecular formula is C36H22. The third-order valence-corrected chi connectivity index (χ3v) is 8.87. The van der Waals surface area contributed by atoms with Crippen LogP contribution in [0.3, 0.4) is 0 Å². The third-order valence-electron chi connectivity index (χ3n) is 8.87. The molecule has 0 aliphatic rings. The van der Waals surface area contributed by atoms with Crippen LogP contribution in [-0.4, -0.2) is 0 Å². The van der Waals surface area contributed by atoms with Crippen molar-refractivity contribution in [3.05, 3.63) is 108 Å². The van der Waals surface area contributed by atoms with E-state index in [0.29, 0.717) is 0 Å². The SMILES string of the molecule is Cc1c2cc3c(cc2c(C)c2c4cc5ccccc5c5cccc(c12)c54)c1cccc2cccc3c21. The lowest BCUT2D eigenvalue weighted by Gasteiger charge is -2.11. The van der Waals surface area contributed by atoms with Gasteiger partial charge in [-0.05, 0) is 129 Å². The van der Waals surface area contributed by atoms with E-state index in [-0.39, 0.29) is 0 Å². The average Bonchev–Trinajstić information content (AvgIpc) is 3.42. The fourth-order valence-corrected chi connectivity index (χ4v) is 7.34. The summed E-state index contributed by atoms with van der Waals surface area (Å²) in [7, 11) is 0. The van der Waals surface area contributed by atoms with Crippen LogP contribution >= 0.6 is 0 Å². The maximum absolute atomic E-state index is 2.48. The summed E-state index contributed by atoms with van der Waals surface area (Å²) in [6.45, 7) is 4.67. The highest BCUT2D eigenvalue weighted by Gasteiger charge is 2.21. The van der Waals surface area contributed by atoms with Crippen molar-refractivity contribution in [1.29, 1.82) is 0 Å². The minimum absolute atomic E-state index is 1.32. The summed E-state index contributed by atoms with van der Waals surface area (Å²) >= 11 is 0. The molecule has 0 bridgehead atoms. The molecule has 0 atom stereocenters. The van der Waals surface area contributed by atoms with Gasteiger partial charge in [0.2, 0.25) is 0 Å².